The summed E-state index contributed by atoms with van der Waals surface area (Å²) < 4.78 is 1.73. The minimum Gasteiger partial charge on any atom is -0.353 e. The quantitative estimate of drug-likeness (QED) is 0.759. The van der Waals surface area contributed by atoms with E-state index in [2.05, 4.69) is 25.3 Å². The maximum absolute atomic E-state index is 12.5. The van der Waals surface area contributed by atoms with Gasteiger partial charge in [0, 0.05) is 50.3 Å². The molecule has 3 heterocycles. The maximum atomic E-state index is 12.5. The molecule has 8 heteroatoms. The lowest BCUT2D eigenvalue weighted by Crippen LogP contribution is -2.50. The zero-order valence-corrected chi connectivity index (χ0v) is 16.0. The molecular weight excluding hydrogens is 354 g/mol. The number of carbonyl (C=O) groups excluding carboxylic acids is 1. The van der Waals surface area contributed by atoms with Crippen LogP contribution < -0.4 is 10.2 Å². The monoisotopic (exact) mass is 377 g/mol. The van der Waals surface area contributed by atoms with Gasteiger partial charge in [-0.25, -0.2) is 19.4 Å². The molecule has 1 aromatic carbocycles. The third-order valence-electron chi connectivity index (χ3n) is 4.74. The number of piperazine rings is 1. The molecule has 1 saturated heterocycles. The summed E-state index contributed by atoms with van der Waals surface area (Å²) in [5, 5.41) is 7.20. The second-order valence-corrected chi connectivity index (χ2v) is 6.85. The van der Waals surface area contributed by atoms with E-state index in [0.29, 0.717) is 18.9 Å². The molecule has 1 aliphatic rings. The first kappa shape index (κ1) is 18.0. The molecule has 0 spiro atoms. The van der Waals surface area contributed by atoms with E-state index in [0.717, 1.165) is 30.4 Å². The first-order valence-electron chi connectivity index (χ1n) is 9.32. The summed E-state index contributed by atoms with van der Waals surface area (Å²) >= 11 is 0. The van der Waals surface area contributed by atoms with Crippen LogP contribution in [-0.4, -0.2) is 56.9 Å². The molecule has 0 unspecified atom stereocenters. The molecule has 0 aliphatic carbocycles. The summed E-state index contributed by atoms with van der Waals surface area (Å²) in [4.78, 5) is 25.6. The highest BCUT2D eigenvalue weighted by Crippen LogP contribution is 2.18. The lowest BCUT2D eigenvalue weighted by Gasteiger charge is -2.35. The highest BCUT2D eigenvalue weighted by molar-refractivity contribution is 5.89. The van der Waals surface area contributed by atoms with Crippen molar-refractivity contribution in [1.29, 1.82) is 0 Å². The van der Waals surface area contributed by atoms with Gasteiger partial charge in [0.05, 0.1) is 0 Å². The lowest BCUT2D eigenvalue weighted by atomic mass is 10.2. The van der Waals surface area contributed by atoms with E-state index in [9.17, 15) is 4.79 Å². The van der Waals surface area contributed by atoms with Gasteiger partial charge in [0.25, 0.3) is 0 Å². The SMILES string of the molecule is Cc1ccc(NC(=O)N2CCN(c3cc(-n4cccn4)nc(C)n3)CC2)cc1. The van der Waals surface area contributed by atoms with E-state index < -0.39 is 0 Å². The molecule has 144 valence electrons. The van der Waals surface area contributed by atoms with Crippen molar-refractivity contribution in [2.45, 2.75) is 13.8 Å². The Morgan fingerprint density at radius 3 is 2.39 bits per heavy atom. The van der Waals surface area contributed by atoms with Crippen LogP contribution in [0.3, 0.4) is 0 Å². The Bertz CT molecular complexity index is 945. The number of aromatic nitrogens is 4. The first-order valence-corrected chi connectivity index (χ1v) is 9.32. The average Bonchev–Trinajstić information content (AvgIpc) is 3.24. The molecule has 4 rings (SSSR count). The van der Waals surface area contributed by atoms with Gasteiger partial charge in [-0.1, -0.05) is 17.7 Å². The van der Waals surface area contributed by atoms with Crippen molar-refractivity contribution >= 4 is 17.5 Å². The van der Waals surface area contributed by atoms with E-state index in [1.165, 1.54) is 5.56 Å². The largest absolute Gasteiger partial charge is 0.353 e. The van der Waals surface area contributed by atoms with Gasteiger partial charge < -0.3 is 15.1 Å². The molecular formula is C20H23N7O. The number of aryl methyl sites for hydroxylation is 2. The van der Waals surface area contributed by atoms with Crippen molar-refractivity contribution < 1.29 is 4.79 Å². The van der Waals surface area contributed by atoms with Crippen LogP contribution in [0.2, 0.25) is 0 Å². The highest BCUT2D eigenvalue weighted by Gasteiger charge is 2.22. The summed E-state index contributed by atoms with van der Waals surface area (Å²) in [7, 11) is 0. The molecule has 0 atom stereocenters. The van der Waals surface area contributed by atoms with Gasteiger partial charge in [0.2, 0.25) is 0 Å². The molecule has 0 saturated carbocycles. The zero-order chi connectivity index (χ0) is 19.5. The van der Waals surface area contributed by atoms with E-state index in [1.807, 2.05) is 61.3 Å². The Labute approximate surface area is 163 Å². The van der Waals surface area contributed by atoms with Gasteiger partial charge in [0.15, 0.2) is 5.82 Å². The van der Waals surface area contributed by atoms with Crippen LogP contribution in [0.25, 0.3) is 5.82 Å². The Kier molecular flexibility index (Phi) is 4.92. The molecule has 8 nitrogen and oxygen atoms in total. The van der Waals surface area contributed by atoms with Crippen LogP contribution in [0.4, 0.5) is 16.3 Å². The van der Waals surface area contributed by atoms with Gasteiger partial charge in [-0.05, 0) is 32.0 Å². The molecule has 2 aromatic heterocycles. The zero-order valence-electron chi connectivity index (χ0n) is 16.0. The molecule has 1 fully saturated rings. The van der Waals surface area contributed by atoms with Gasteiger partial charge >= 0.3 is 6.03 Å². The van der Waals surface area contributed by atoms with Crippen LogP contribution in [0.5, 0.6) is 0 Å². The smallest absolute Gasteiger partial charge is 0.321 e. The molecule has 2 amide bonds. The fourth-order valence-electron chi connectivity index (χ4n) is 3.20. The van der Waals surface area contributed by atoms with Gasteiger partial charge in [-0.2, -0.15) is 5.10 Å². The van der Waals surface area contributed by atoms with E-state index in [4.69, 9.17) is 0 Å². The van der Waals surface area contributed by atoms with Crippen LogP contribution in [0, 0.1) is 13.8 Å². The van der Waals surface area contributed by atoms with Crippen molar-refractivity contribution in [2.24, 2.45) is 0 Å². The number of carbonyl (C=O) groups is 1. The topological polar surface area (TPSA) is 79.2 Å². The van der Waals surface area contributed by atoms with E-state index >= 15 is 0 Å². The molecule has 1 aliphatic heterocycles. The number of benzene rings is 1. The van der Waals surface area contributed by atoms with Crippen molar-refractivity contribution in [2.75, 3.05) is 36.4 Å². The third-order valence-corrected chi connectivity index (χ3v) is 4.74. The molecule has 1 N–H and O–H groups in total. The van der Waals surface area contributed by atoms with E-state index in [-0.39, 0.29) is 6.03 Å². The standard InChI is InChI=1S/C20H23N7O/c1-15-4-6-17(7-5-15)24-20(28)26-12-10-25(11-13-26)18-14-19(23-16(2)22-18)27-9-3-8-21-27/h3-9,14H,10-13H2,1-2H3,(H,24,28). The van der Waals surface area contributed by atoms with Gasteiger partial charge in [-0.15, -0.1) is 0 Å². The van der Waals surface area contributed by atoms with E-state index in [1.54, 1.807) is 10.9 Å². The summed E-state index contributed by atoms with van der Waals surface area (Å²) in [5.74, 6) is 2.30. The summed E-state index contributed by atoms with van der Waals surface area (Å²) in [6.45, 7) is 6.61. The van der Waals surface area contributed by atoms with Crippen molar-refractivity contribution in [3.05, 3.63) is 60.2 Å². The number of rotatable bonds is 3. The predicted octanol–water partition coefficient (Wildman–Crippen LogP) is 2.63. The molecule has 0 bridgehead atoms. The summed E-state index contributed by atoms with van der Waals surface area (Å²) in [6, 6.07) is 11.5. The molecule has 3 aromatic rings. The highest BCUT2D eigenvalue weighted by atomic mass is 16.2. The number of hydrogen-bond acceptors (Lipinski definition) is 5. The van der Waals surface area contributed by atoms with Crippen molar-refractivity contribution in [3.8, 4) is 5.82 Å². The van der Waals surface area contributed by atoms with Gasteiger partial charge in [0.1, 0.15) is 11.6 Å². The number of amides is 2. The summed E-state index contributed by atoms with van der Waals surface area (Å²) in [5.41, 5.74) is 1.98. The Morgan fingerprint density at radius 2 is 1.71 bits per heavy atom. The van der Waals surface area contributed by atoms with Crippen molar-refractivity contribution in [1.82, 2.24) is 24.6 Å². The fraction of sp³-hybridized carbons (Fsp3) is 0.300. The number of nitrogens with zero attached hydrogens (tertiary/aromatic N) is 6. The van der Waals surface area contributed by atoms with Crippen LogP contribution >= 0.6 is 0 Å². The number of urea groups is 1. The minimum atomic E-state index is -0.0698. The van der Waals surface area contributed by atoms with Gasteiger partial charge in [-0.3, -0.25) is 0 Å². The maximum Gasteiger partial charge on any atom is 0.321 e. The van der Waals surface area contributed by atoms with Crippen LogP contribution in [0.1, 0.15) is 11.4 Å². The molecule has 0 radical (unpaired) electrons. The Balaban J connectivity index is 1.40. The van der Waals surface area contributed by atoms with Crippen LogP contribution in [-0.2, 0) is 0 Å². The minimum absolute atomic E-state index is 0.0698. The number of nitrogens with one attached hydrogen (secondary N) is 1. The number of anilines is 2. The predicted molar refractivity (Wildman–Crippen MR) is 108 cm³/mol. The second kappa shape index (κ2) is 7.67. The second-order valence-electron chi connectivity index (χ2n) is 6.85. The third kappa shape index (κ3) is 3.95. The normalized spacial score (nSPS) is 14.2. The average molecular weight is 377 g/mol. The Hall–Kier alpha value is -3.42. The van der Waals surface area contributed by atoms with Crippen molar-refractivity contribution in [3.63, 3.8) is 0 Å². The van der Waals surface area contributed by atoms with Crippen LogP contribution in [0.15, 0.2) is 48.8 Å². The Morgan fingerprint density at radius 1 is 1.00 bits per heavy atom. The number of hydrogen-bond donors (Lipinski definition) is 1. The first-order chi connectivity index (χ1) is 13.6. The molecule has 28 heavy (non-hydrogen) atoms. The summed E-state index contributed by atoms with van der Waals surface area (Å²) in [6.07, 6.45) is 3.58. The lowest BCUT2D eigenvalue weighted by molar-refractivity contribution is 0.208. The fourth-order valence-corrected chi connectivity index (χ4v) is 3.20.